The fraction of sp³-hybridized carbons (Fsp3) is 0.429. The molecule has 2 heterocycles. The normalized spacial score (nSPS) is 16.3. The van der Waals surface area contributed by atoms with Crippen LogP contribution in [0.15, 0.2) is 41.8 Å². The first-order chi connectivity index (χ1) is 13.0. The maximum atomic E-state index is 12.7. The van der Waals surface area contributed by atoms with Crippen LogP contribution in [0.25, 0.3) is 0 Å². The smallest absolute Gasteiger partial charge is 0.304 e. The summed E-state index contributed by atoms with van der Waals surface area (Å²) in [6.45, 7) is 6.09. The summed E-state index contributed by atoms with van der Waals surface area (Å²) < 4.78 is 0. The molecule has 0 aliphatic carbocycles. The van der Waals surface area contributed by atoms with Crippen molar-refractivity contribution in [1.29, 1.82) is 0 Å². The van der Waals surface area contributed by atoms with Gasteiger partial charge in [0.1, 0.15) is 0 Å². The fourth-order valence-corrected chi connectivity index (χ4v) is 4.29. The standard InChI is InChI=1S/C21H26N2O3S/c1-16-4-6-17(7-5-16)15-22-8-10-23(11-9-22)20(24)13-18(14-21(25)26)19-3-2-12-27-19/h2-7,12,18H,8-11,13-15H2,1H3,(H,25,26). The van der Waals surface area contributed by atoms with Crippen molar-refractivity contribution >= 4 is 23.2 Å². The molecule has 1 N–H and O–H groups in total. The number of rotatable bonds is 7. The number of carbonyl (C=O) groups excluding carboxylic acids is 1. The van der Waals surface area contributed by atoms with Crippen molar-refractivity contribution in [2.75, 3.05) is 26.2 Å². The minimum absolute atomic E-state index is 0.000355. The van der Waals surface area contributed by atoms with E-state index in [2.05, 4.69) is 36.1 Å². The summed E-state index contributed by atoms with van der Waals surface area (Å²) in [5.74, 6) is -1.03. The molecular formula is C21H26N2O3S. The van der Waals surface area contributed by atoms with Gasteiger partial charge >= 0.3 is 5.97 Å². The molecule has 1 aliphatic rings. The Balaban J connectivity index is 1.51. The predicted octanol–water partition coefficient (Wildman–Crippen LogP) is 3.35. The van der Waals surface area contributed by atoms with Gasteiger partial charge in [-0.15, -0.1) is 11.3 Å². The first-order valence-corrected chi connectivity index (χ1v) is 10.2. The molecule has 6 heteroatoms. The maximum absolute atomic E-state index is 12.7. The maximum Gasteiger partial charge on any atom is 0.304 e. The van der Waals surface area contributed by atoms with Crippen molar-refractivity contribution in [2.24, 2.45) is 0 Å². The number of carbonyl (C=O) groups is 2. The topological polar surface area (TPSA) is 60.9 Å². The van der Waals surface area contributed by atoms with Crippen molar-refractivity contribution in [3.05, 3.63) is 57.8 Å². The molecule has 1 aromatic heterocycles. The van der Waals surface area contributed by atoms with Crippen molar-refractivity contribution in [1.82, 2.24) is 9.80 Å². The second kappa shape index (κ2) is 9.15. The average Bonchev–Trinajstić information content (AvgIpc) is 3.18. The Hall–Kier alpha value is -2.18. The summed E-state index contributed by atoms with van der Waals surface area (Å²) in [4.78, 5) is 29.1. The summed E-state index contributed by atoms with van der Waals surface area (Å²) in [5.41, 5.74) is 2.55. The third-order valence-corrected chi connectivity index (χ3v) is 6.07. The van der Waals surface area contributed by atoms with E-state index in [1.807, 2.05) is 22.4 Å². The lowest BCUT2D eigenvalue weighted by Gasteiger charge is -2.35. The van der Waals surface area contributed by atoms with Gasteiger partial charge in [0.05, 0.1) is 6.42 Å². The molecule has 0 bridgehead atoms. The van der Waals surface area contributed by atoms with Crippen molar-refractivity contribution in [3.8, 4) is 0 Å². The van der Waals surface area contributed by atoms with E-state index in [1.54, 1.807) is 0 Å². The first-order valence-electron chi connectivity index (χ1n) is 9.32. The molecule has 1 unspecified atom stereocenters. The zero-order valence-electron chi connectivity index (χ0n) is 15.6. The summed E-state index contributed by atoms with van der Waals surface area (Å²) >= 11 is 1.52. The van der Waals surface area contributed by atoms with Crippen molar-refractivity contribution < 1.29 is 14.7 Å². The molecular weight excluding hydrogens is 360 g/mol. The molecule has 1 aliphatic heterocycles. The molecule has 1 saturated heterocycles. The highest BCUT2D eigenvalue weighted by atomic mass is 32.1. The summed E-state index contributed by atoms with van der Waals surface area (Å²) in [7, 11) is 0. The van der Waals surface area contributed by atoms with Gasteiger partial charge in [-0.1, -0.05) is 35.9 Å². The second-order valence-corrected chi connectivity index (χ2v) is 8.14. The molecule has 1 amide bonds. The van der Waals surface area contributed by atoms with Gasteiger partial charge in [-0.2, -0.15) is 0 Å². The Morgan fingerprint density at radius 2 is 1.78 bits per heavy atom. The van der Waals surface area contributed by atoms with Gasteiger partial charge in [0.25, 0.3) is 0 Å². The van der Waals surface area contributed by atoms with Gasteiger partial charge < -0.3 is 10.0 Å². The minimum atomic E-state index is -0.857. The highest BCUT2D eigenvalue weighted by Gasteiger charge is 2.26. The molecule has 0 saturated carbocycles. The minimum Gasteiger partial charge on any atom is -0.481 e. The molecule has 2 aromatic rings. The molecule has 1 atom stereocenters. The van der Waals surface area contributed by atoms with Gasteiger partial charge in [0.15, 0.2) is 0 Å². The van der Waals surface area contributed by atoms with E-state index < -0.39 is 5.97 Å². The number of piperazine rings is 1. The lowest BCUT2D eigenvalue weighted by atomic mass is 9.98. The van der Waals surface area contributed by atoms with E-state index in [9.17, 15) is 14.7 Å². The van der Waals surface area contributed by atoms with Crippen LogP contribution in [0.2, 0.25) is 0 Å². The van der Waals surface area contributed by atoms with Crippen LogP contribution in [-0.4, -0.2) is 53.0 Å². The van der Waals surface area contributed by atoms with Crippen LogP contribution in [0.4, 0.5) is 0 Å². The summed E-state index contributed by atoms with van der Waals surface area (Å²) in [6.07, 6.45) is 0.268. The van der Waals surface area contributed by atoms with Gasteiger partial charge in [-0.3, -0.25) is 14.5 Å². The number of carboxylic acid groups (broad SMARTS) is 1. The lowest BCUT2D eigenvalue weighted by molar-refractivity contribution is -0.138. The highest BCUT2D eigenvalue weighted by molar-refractivity contribution is 7.10. The van der Waals surface area contributed by atoms with Crippen molar-refractivity contribution in [2.45, 2.75) is 32.2 Å². The first kappa shape index (κ1) is 19.6. The van der Waals surface area contributed by atoms with Crippen LogP contribution in [0, 0.1) is 6.92 Å². The average molecular weight is 387 g/mol. The molecule has 1 fully saturated rings. The Kier molecular flexibility index (Phi) is 6.63. The van der Waals surface area contributed by atoms with E-state index in [0.717, 1.165) is 24.5 Å². The van der Waals surface area contributed by atoms with E-state index in [1.165, 1.54) is 22.5 Å². The van der Waals surface area contributed by atoms with Crippen LogP contribution in [0.3, 0.4) is 0 Å². The number of aliphatic carboxylic acids is 1. The zero-order chi connectivity index (χ0) is 19.2. The highest BCUT2D eigenvalue weighted by Crippen LogP contribution is 2.28. The quantitative estimate of drug-likeness (QED) is 0.793. The number of aryl methyl sites for hydroxylation is 1. The zero-order valence-corrected chi connectivity index (χ0v) is 16.5. The number of nitrogens with zero attached hydrogens (tertiary/aromatic N) is 2. The van der Waals surface area contributed by atoms with E-state index >= 15 is 0 Å². The third-order valence-electron chi connectivity index (χ3n) is 5.04. The van der Waals surface area contributed by atoms with E-state index in [4.69, 9.17) is 0 Å². The molecule has 0 spiro atoms. The van der Waals surface area contributed by atoms with Crippen LogP contribution < -0.4 is 0 Å². The Morgan fingerprint density at radius 1 is 1.07 bits per heavy atom. The Morgan fingerprint density at radius 3 is 2.37 bits per heavy atom. The largest absolute Gasteiger partial charge is 0.481 e. The van der Waals surface area contributed by atoms with Crippen LogP contribution in [0.5, 0.6) is 0 Å². The number of carboxylic acids is 1. The number of thiophene rings is 1. The van der Waals surface area contributed by atoms with Crippen LogP contribution in [0.1, 0.15) is 34.8 Å². The Bertz CT molecular complexity index is 750. The Labute approximate surface area is 164 Å². The van der Waals surface area contributed by atoms with Gasteiger partial charge in [-0.05, 0) is 23.9 Å². The molecule has 144 valence electrons. The van der Waals surface area contributed by atoms with E-state index in [0.29, 0.717) is 13.1 Å². The van der Waals surface area contributed by atoms with Crippen molar-refractivity contribution in [3.63, 3.8) is 0 Å². The SMILES string of the molecule is Cc1ccc(CN2CCN(C(=O)CC(CC(=O)O)c3cccs3)CC2)cc1. The predicted molar refractivity (Wildman–Crippen MR) is 107 cm³/mol. The monoisotopic (exact) mass is 386 g/mol. The fourth-order valence-electron chi connectivity index (χ4n) is 3.45. The molecule has 0 radical (unpaired) electrons. The van der Waals surface area contributed by atoms with Gasteiger partial charge in [-0.25, -0.2) is 0 Å². The van der Waals surface area contributed by atoms with Gasteiger partial charge in [0, 0.05) is 49.9 Å². The number of hydrogen-bond donors (Lipinski definition) is 1. The number of amides is 1. The van der Waals surface area contributed by atoms with E-state index in [-0.39, 0.29) is 24.7 Å². The second-order valence-electron chi connectivity index (χ2n) is 7.16. The van der Waals surface area contributed by atoms with Crippen LogP contribution >= 0.6 is 11.3 Å². The van der Waals surface area contributed by atoms with Gasteiger partial charge in [0.2, 0.25) is 5.91 Å². The molecule has 3 rings (SSSR count). The number of hydrogen-bond acceptors (Lipinski definition) is 4. The molecule has 27 heavy (non-hydrogen) atoms. The molecule has 1 aromatic carbocycles. The third kappa shape index (κ3) is 5.65. The number of benzene rings is 1. The lowest BCUT2D eigenvalue weighted by Crippen LogP contribution is -2.48. The van der Waals surface area contributed by atoms with Crippen LogP contribution in [-0.2, 0) is 16.1 Å². The molecule has 5 nitrogen and oxygen atoms in total. The summed E-state index contributed by atoms with van der Waals surface area (Å²) in [5, 5.41) is 11.1. The summed E-state index contributed by atoms with van der Waals surface area (Å²) in [6, 6.07) is 12.4.